The third-order valence-electron chi connectivity index (χ3n) is 6.19. The van der Waals surface area contributed by atoms with Crippen LogP contribution < -0.4 is 0 Å². The summed E-state index contributed by atoms with van der Waals surface area (Å²) in [6, 6.07) is 11.9. The summed E-state index contributed by atoms with van der Waals surface area (Å²) in [5.41, 5.74) is 3.50. The number of allylic oxidation sites excluding steroid dienone is 1. The van der Waals surface area contributed by atoms with E-state index in [4.69, 9.17) is 21.3 Å². The summed E-state index contributed by atoms with van der Waals surface area (Å²) >= 11 is 6.24. The number of benzene rings is 2. The first-order chi connectivity index (χ1) is 16.7. The molecule has 2 aromatic carbocycles. The van der Waals surface area contributed by atoms with E-state index in [1.165, 1.54) is 6.07 Å². The Morgan fingerprint density at radius 3 is 2.49 bits per heavy atom. The number of para-hydroxylation sites is 1. The number of hydrogen-bond donors (Lipinski definition) is 0. The van der Waals surface area contributed by atoms with Gasteiger partial charge in [-0.1, -0.05) is 35.9 Å². The number of hydrogen-bond acceptors (Lipinski definition) is 4. The molecule has 35 heavy (non-hydrogen) atoms. The third kappa shape index (κ3) is 4.94. The molecule has 1 heterocycles. The van der Waals surface area contributed by atoms with Crippen molar-refractivity contribution in [3.63, 3.8) is 0 Å². The van der Waals surface area contributed by atoms with Crippen molar-refractivity contribution in [2.24, 2.45) is 0 Å². The Kier molecular flexibility index (Phi) is 7.22. The molecule has 0 radical (unpaired) electrons. The summed E-state index contributed by atoms with van der Waals surface area (Å²) in [5, 5.41) is 0.975. The van der Waals surface area contributed by atoms with Gasteiger partial charge in [0, 0.05) is 23.0 Å². The second kappa shape index (κ2) is 10.2. The van der Waals surface area contributed by atoms with Crippen LogP contribution in [-0.2, 0) is 16.0 Å². The second-order valence-corrected chi connectivity index (χ2v) is 9.61. The molecular formula is C28H28ClFN2O3. The van der Waals surface area contributed by atoms with Crippen molar-refractivity contribution < 1.29 is 18.7 Å². The number of halogens is 2. The predicted octanol–water partition coefficient (Wildman–Crippen LogP) is 6.32. The van der Waals surface area contributed by atoms with Crippen LogP contribution in [0.15, 0.2) is 42.5 Å². The van der Waals surface area contributed by atoms with E-state index in [9.17, 15) is 14.0 Å². The van der Waals surface area contributed by atoms with Crippen LogP contribution in [0.1, 0.15) is 61.3 Å². The molecule has 1 aliphatic carbocycles. The quantitative estimate of drug-likeness (QED) is 0.376. The van der Waals surface area contributed by atoms with Crippen LogP contribution in [-0.4, -0.2) is 40.5 Å². The molecular weight excluding hydrogens is 467 g/mol. The van der Waals surface area contributed by atoms with Gasteiger partial charge in [0.05, 0.1) is 21.8 Å². The molecule has 0 bridgehead atoms. The zero-order valence-corrected chi connectivity index (χ0v) is 21.0. The third-order valence-corrected chi connectivity index (χ3v) is 6.52. The van der Waals surface area contributed by atoms with Gasteiger partial charge in [0.25, 0.3) is 5.91 Å². The van der Waals surface area contributed by atoms with Gasteiger partial charge in [-0.2, -0.15) is 0 Å². The van der Waals surface area contributed by atoms with E-state index >= 15 is 0 Å². The van der Waals surface area contributed by atoms with E-state index in [1.54, 1.807) is 23.1 Å². The molecule has 182 valence electrons. The standard InChI is InChI=1S/C28H28ClFN2O3/c1-16(2)32(17(3)4)25(33)15-35-28(34)26-19-8-5-6-11-24(19)31-27-18(12-13-20(26)27)14-21-22(29)9-7-10-23(21)30/h5-11,14,16-17H,12-13,15H2,1-4H3. The van der Waals surface area contributed by atoms with Crippen LogP contribution in [0, 0.1) is 5.82 Å². The molecule has 0 aliphatic heterocycles. The SMILES string of the molecule is CC(C)N(C(=O)COC(=O)c1c2c(nc3ccccc13)C(=Cc1c(F)cccc1Cl)CC2)C(C)C. The molecule has 0 atom stereocenters. The minimum Gasteiger partial charge on any atom is -0.452 e. The highest BCUT2D eigenvalue weighted by Crippen LogP contribution is 2.38. The number of fused-ring (bicyclic) bond motifs is 2. The van der Waals surface area contributed by atoms with E-state index < -0.39 is 11.8 Å². The Hall–Kier alpha value is -3.25. The van der Waals surface area contributed by atoms with Crippen LogP contribution >= 0.6 is 11.6 Å². The number of esters is 1. The molecule has 0 N–H and O–H groups in total. The first-order valence-electron chi connectivity index (χ1n) is 11.7. The monoisotopic (exact) mass is 494 g/mol. The molecule has 0 spiro atoms. The van der Waals surface area contributed by atoms with E-state index in [0.29, 0.717) is 45.6 Å². The van der Waals surface area contributed by atoms with Gasteiger partial charge in [0.15, 0.2) is 6.61 Å². The lowest BCUT2D eigenvalue weighted by Gasteiger charge is -2.30. The van der Waals surface area contributed by atoms with Crippen molar-refractivity contribution in [3.05, 3.63) is 75.7 Å². The number of carbonyl (C=O) groups is 2. The number of carbonyl (C=O) groups excluding carboxylic acids is 2. The summed E-state index contributed by atoms with van der Waals surface area (Å²) in [6.07, 6.45) is 2.83. The zero-order chi connectivity index (χ0) is 25.3. The Morgan fingerprint density at radius 2 is 1.80 bits per heavy atom. The lowest BCUT2D eigenvalue weighted by Crippen LogP contribution is -2.44. The number of ether oxygens (including phenoxy) is 1. The van der Waals surface area contributed by atoms with Crippen molar-refractivity contribution in [2.45, 2.75) is 52.6 Å². The maximum atomic E-state index is 14.4. The fourth-order valence-corrected chi connectivity index (χ4v) is 5.00. The lowest BCUT2D eigenvalue weighted by molar-refractivity contribution is -0.138. The molecule has 0 fully saturated rings. The summed E-state index contributed by atoms with van der Waals surface area (Å²) in [7, 11) is 0. The lowest BCUT2D eigenvalue weighted by atomic mass is 10.0. The largest absolute Gasteiger partial charge is 0.452 e. The molecule has 3 aromatic rings. The van der Waals surface area contributed by atoms with E-state index in [1.807, 2.05) is 52.0 Å². The Balaban J connectivity index is 1.73. The highest BCUT2D eigenvalue weighted by atomic mass is 35.5. The van der Waals surface area contributed by atoms with Crippen LogP contribution in [0.4, 0.5) is 4.39 Å². The fourth-order valence-electron chi connectivity index (χ4n) is 4.78. The second-order valence-electron chi connectivity index (χ2n) is 9.20. The highest BCUT2D eigenvalue weighted by Gasteiger charge is 2.29. The van der Waals surface area contributed by atoms with Crippen LogP contribution in [0.5, 0.6) is 0 Å². The van der Waals surface area contributed by atoms with Crippen molar-refractivity contribution in [1.29, 1.82) is 0 Å². The number of pyridine rings is 1. The van der Waals surface area contributed by atoms with Crippen molar-refractivity contribution in [1.82, 2.24) is 9.88 Å². The number of nitrogens with zero attached hydrogens (tertiary/aromatic N) is 2. The topological polar surface area (TPSA) is 59.5 Å². The fraction of sp³-hybridized carbons (Fsp3) is 0.321. The Bertz CT molecular complexity index is 1310. The normalized spacial score (nSPS) is 14.1. The molecule has 4 rings (SSSR count). The minimum absolute atomic E-state index is 0.00916. The van der Waals surface area contributed by atoms with Gasteiger partial charge in [-0.25, -0.2) is 14.2 Å². The first kappa shape index (κ1) is 24.9. The molecule has 1 aromatic heterocycles. The Labute approximate surface area is 209 Å². The smallest absolute Gasteiger partial charge is 0.339 e. The first-order valence-corrected chi connectivity index (χ1v) is 12.1. The summed E-state index contributed by atoms with van der Waals surface area (Å²) in [5.74, 6) is -1.23. The molecule has 0 saturated heterocycles. The van der Waals surface area contributed by atoms with Gasteiger partial charge in [0.2, 0.25) is 0 Å². The highest BCUT2D eigenvalue weighted by molar-refractivity contribution is 6.32. The minimum atomic E-state index is -0.564. The maximum absolute atomic E-state index is 14.4. The van der Waals surface area contributed by atoms with Gasteiger partial charge < -0.3 is 9.64 Å². The molecule has 0 unspecified atom stereocenters. The Morgan fingerprint density at radius 1 is 1.09 bits per heavy atom. The van der Waals surface area contributed by atoms with Crippen molar-refractivity contribution in [3.8, 4) is 0 Å². The number of rotatable bonds is 6. The van der Waals surface area contributed by atoms with E-state index in [-0.39, 0.29) is 24.6 Å². The zero-order valence-electron chi connectivity index (χ0n) is 20.3. The molecule has 1 amide bonds. The van der Waals surface area contributed by atoms with Crippen molar-refractivity contribution >= 4 is 46.0 Å². The van der Waals surface area contributed by atoms with Crippen LogP contribution in [0.2, 0.25) is 5.02 Å². The van der Waals surface area contributed by atoms with E-state index in [2.05, 4.69) is 0 Å². The number of amides is 1. The molecule has 7 heteroatoms. The average molecular weight is 495 g/mol. The van der Waals surface area contributed by atoms with Crippen molar-refractivity contribution in [2.75, 3.05) is 6.61 Å². The van der Waals surface area contributed by atoms with Gasteiger partial charge in [-0.15, -0.1) is 0 Å². The van der Waals surface area contributed by atoms with Gasteiger partial charge in [0.1, 0.15) is 5.82 Å². The molecule has 5 nitrogen and oxygen atoms in total. The summed E-state index contributed by atoms with van der Waals surface area (Å²) in [6.45, 7) is 7.38. The molecule has 1 aliphatic rings. The maximum Gasteiger partial charge on any atom is 0.339 e. The number of aromatic nitrogens is 1. The van der Waals surface area contributed by atoms with Gasteiger partial charge in [-0.05, 0) is 75.9 Å². The van der Waals surface area contributed by atoms with Gasteiger partial charge in [-0.3, -0.25) is 4.79 Å². The summed E-state index contributed by atoms with van der Waals surface area (Å²) < 4.78 is 20.0. The van der Waals surface area contributed by atoms with Crippen LogP contribution in [0.25, 0.3) is 22.6 Å². The predicted molar refractivity (Wildman–Crippen MR) is 137 cm³/mol. The molecule has 0 saturated carbocycles. The van der Waals surface area contributed by atoms with Crippen LogP contribution in [0.3, 0.4) is 0 Å². The van der Waals surface area contributed by atoms with Gasteiger partial charge >= 0.3 is 5.97 Å². The average Bonchev–Trinajstić information content (AvgIpc) is 3.20. The summed E-state index contributed by atoms with van der Waals surface area (Å²) in [4.78, 5) is 32.6. The van der Waals surface area contributed by atoms with E-state index in [0.717, 1.165) is 11.1 Å².